The molecule has 6 heteroatoms. The van der Waals surface area contributed by atoms with E-state index in [9.17, 15) is 4.79 Å². The van der Waals surface area contributed by atoms with Crippen molar-refractivity contribution in [1.82, 2.24) is 9.78 Å². The predicted octanol–water partition coefficient (Wildman–Crippen LogP) is 4.44. The normalized spacial score (nSPS) is 19.2. The van der Waals surface area contributed by atoms with Crippen LogP contribution in [0.5, 0.6) is 11.6 Å². The van der Waals surface area contributed by atoms with Crippen LogP contribution in [0.1, 0.15) is 33.9 Å². The van der Waals surface area contributed by atoms with E-state index in [4.69, 9.17) is 19.0 Å². The van der Waals surface area contributed by atoms with Crippen LogP contribution in [0.4, 0.5) is 0 Å². The molecule has 2 aromatic heterocycles. The highest BCUT2D eigenvalue weighted by atomic mass is 16.5. The Hall–Kier alpha value is -3.54. The minimum absolute atomic E-state index is 0.0136. The van der Waals surface area contributed by atoms with Crippen molar-refractivity contribution < 1.29 is 13.9 Å². The molecule has 2 aliphatic heterocycles. The monoisotopic (exact) mass is 414 g/mol. The molecule has 0 spiro atoms. The quantitative estimate of drug-likeness (QED) is 0.431. The highest BCUT2D eigenvalue weighted by Gasteiger charge is 2.43. The summed E-state index contributed by atoms with van der Waals surface area (Å²) in [5.41, 5.74) is 6.18. The van der Waals surface area contributed by atoms with Gasteiger partial charge in [-0.3, -0.25) is 0 Å². The first-order valence-corrected chi connectivity index (χ1v) is 10.5. The first-order valence-electron chi connectivity index (χ1n) is 10.5. The molecular formula is C25H22N2O4. The molecule has 156 valence electrons. The maximum Gasteiger partial charge on any atom is 0.336 e. The second-order valence-electron chi connectivity index (χ2n) is 8.51. The van der Waals surface area contributed by atoms with E-state index in [1.807, 2.05) is 42.8 Å². The molecule has 0 unspecified atom stereocenters. The predicted molar refractivity (Wildman–Crippen MR) is 117 cm³/mol. The molecule has 0 saturated heterocycles. The number of aromatic nitrogens is 2. The Bertz CT molecular complexity index is 1400. The summed E-state index contributed by atoms with van der Waals surface area (Å²) in [6.45, 7) is 7.07. The molecule has 4 aromatic rings. The molecular weight excluding hydrogens is 392 g/mol. The van der Waals surface area contributed by atoms with Gasteiger partial charge in [-0.1, -0.05) is 17.7 Å². The average Bonchev–Trinajstić information content (AvgIpc) is 3.10. The fraction of sp³-hybridized carbons (Fsp3) is 0.280. The van der Waals surface area contributed by atoms with Crippen molar-refractivity contribution in [3.8, 4) is 17.3 Å². The van der Waals surface area contributed by atoms with Crippen molar-refractivity contribution in [2.75, 3.05) is 13.2 Å². The largest absolute Gasteiger partial charge is 0.493 e. The van der Waals surface area contributed by atoms with E-state index >= 15 is 0 Å². The average molecular weight is 414 g/mol. The Kier molecular flexibility index (Phi) is 3.81. The van der Waals surface area contributed by atoms with Gasteiger partial charge in [-0.05, 0) is 50.6 Å². The summed E-state index contributed by atoms with van der Waals surface area (Å²) in [7, 11) is 0. The third kappa shape index (κ3) is 2.64. The molecule has 6 rings (SSSR count). The molecule has 0 aliphatic carbocycles. The number of aryl methyl sites for hydroxylation is 3. The summed E-state index contributed by atoms with van der Waals surface area (Å²) >= 11 is 0. The summed E-state index contributed by atoms with van der Waals surface area (Å²) in [6, 6.07) is 13.7. The van der Waals surface area contributed by atoms with Gasteiger partial charge in [0.25, 0.3) is 0 Å². The number of fused-ring (bicyclic) bond motifs is 7. The number of nitrogens with zero attached hydrogens (tertiary/aromatic N) is 2. The molecule has 2 aromatic carbocycles. The van der Waals surface area contributed by atoms with Gasteiger partial charge in [-0.15, -0.1) is 0 Å². The zero-order valence-corrected chi connectivity index (χ0v) is 17.6. The van der Waals surface area contributed by atoms with E-state index in [2.05, 4.69) is 19.1 Å². The van der Waals surface area contributed by atoms with Gasteiger partial charge in [-0.2, -0.15) is 5.10 Å². The highest BCUT2D eigenvalue weighted by Crippen LogP contribution is 2.51. The lowest BCUT2D eigenvalue weighted by molar-refractivity contribution is 0.121. The number of benzene rings is 2. The summed E-state index contributed by atoms with van der Waals surface area (Å²) < 4.78 is 19.9. The van der Waals surface area contributed by atoms with E-state index in [1.54, 1.807) is 0 Å². The van der Waals surface area contributed by atoms with E-state index < -0.39 is 0 Å². The lowest BCUT2D eigenvalue weighted by Crippen LogP contribution is -2.35. The molecule has 2 atom stereocenters. The Morgan fingerprint density at radius 2 is 1.74 bits per heavy atom. The first kappa shape index (κ1) is 18.2. The number of hydrogen-bond donors (Lipinski definition) is 0. The Balaban J connectivity index is 1.62. The standard InChI is InChI=1S/C25H22N2O4/c1-13-4-6-17(7-5-13)27-25-21(15(3)26-27)22-16(12-30-25)11-29-19-9-8-18-14(2)10-20(28)31-24(18)23(19)22/h4-10,16,22H,11-12H2,1-3H3/t16-,22-/m1/s1. The summed E-state index contributed by atoms with van der Waals surface area (Å²) in [5, 5.41) is 5.76. The third-order valence-electron chi connectivity index (χ3n) is 6.44. The van der Waals surface area contributed by atoms with Crippen LogP contribution in [-0.2, 0) is 0 Å². The second kappa shape index (κ2) is 6.48. The zero-order chi connectivity index (χ0) is 21.3. The topological polar surface area (TPSA) is 66.5 Å². The molecule has 2 aliphatic rings. The molecule has 0 fully saturated rings. The molecule has 31 heavy (non-hydrogen) atoms. The van der Waals surface area contributed by atoms with E-state index in [1.165, 1.54) is 11.6 Å². The fourth-order valence-electron chi connectivity index (χ4n) is 4.92. The Morgan fingerprint density at radius 3 is 2.55 bits per heavy atom. The van der Waals surface area contributed by atoms with Crippen LogP contribution in [0.3, 0.4) is 0 Å². The summed E-state index contributed by atoms with van der Waals surface area (Å²) in [4.78, 5) is 12.2. The number of rotatable bonds is 1. The van der Waals surface area contributed by atoms with E-state index in [0.29, 0.717) is 18.8 Å². The minimum Gasteiger partial charge on any atom is -0.493 e. The van der Waals surface area contributed by atoms with Crippen LogP contribution in [0.25, 0.3) is 16.7 Å². The lowest BCUT2D eigenvalue weighted by atomic mass is 9.77. The summed E-state index contributed by atoms with van der Waals surface area (Å²) in [5.74, 6) is 1.62. The van der Waals surface area contributed by atoms with Gasteiger partial charge in [-0.25, -0.2) is 9.48 Å². The second-order valence-corrected chi connectivity index (χ2v) is 8.51. The van der Waals surface area contributed by atoms with Crippen molar-refractivity contribution in [3.63, 3.8) is 0 Å². The lowest BCUT2D eigenvalue weighted by Gasteiger charge is -2.37. The van der Waals surface area contributed by atoms with Crippen molar-refractivity contribution in [1.29, 1.82) is 0 Å². The smallest absolute Gasteiger partial charge is 0.336 e. The van der Waals surface area contributed by atoms with Crippen LogP contribution in [-0.4, -0.2) is 23.0 Å². The van der Waals surface area contributed by atoms with Crippen molar-refractivity contribution in [2.45, 2.75) is 26.7 Å². The van der Waals surface area contributed by atoms with Gasteiger partial charge in [0.05, 0.1) is 24.6 Å². The van der Waals surface area contributed by atoms with Crippen LogP contribution in [0.15, 0.2) is 51.7 Å². The maximum atomic E-state index is 12.2. The first-order chi connectivity index (χ1) is 15.0. The third-order valence-corrected chi connectivity index (χ3v) is 6.44. The van der Waals surface area contributed by atoms with Crippen LogP contribution >= 0.6 is 0 Å². The highest BCUT2D eigenvalue weighted by molar-refractivity contribution is 5.86. The van der Waals surface area contributed by atoms with Gasteiger partial charge in [0, 0.05) is 34.4 Å². The number of hydrogen-bond acceptors (Lipinski definition) is 5. The van der Waals surface area contributed by atoms with Crippen molar-refractivity contribution >= 4 is 11.0 Å². The van der Waals surface area contributed by atoms with Crippen LogP contribution in [0, 0.1) is 26.7 Å². The number of ether oxygens (including phenoxy) is 2. The minimum atomic E-state index is -0.347. The summed E-state index contributed by atoms with van der Waals surface area (Å²) in [6.07, 6.45) is 0. The van der Waals surface area contributed by atoms with Gasteiger partial charge >= 0.3 is 5.63 Å². The molecule has 4 heterocycles. The molecule has 0 bridgehead atoms. The van der Waals surface area contributed by atoms with Crippen LogP contribution < -0.4 is 15.1 Å². The van der Waals surface area contributed by atoms with Crippen molar-refractivity contribution in [2.24, 2.45) is 5.92 Å². The molecule has 0 N–H and O–H groups in total. The van der Waals surface area contributed by atoms with Gasteiger partial charge in [0.2, 0.25) is 5.88 Å². The maximum absolute atomic E-state index is 12.2. The van der Waals surface area contributed by atoms with E-state index in [-0.39, 0.29) is 17.5 Å². The van der Waals surface area contributed by atoms with E-state index in [0.717, 1.165) is 45.1 Å². The molecule has 0 amide bonds. The zero-order valence-electron chi connectivity index (χ0n) is 17.6. The molecule has 0 radical (unpaired) electrons. The fourth-order valence-corrected chi connectivity index (χ4v) is 4.92. The van der Waals surface area contributed by atoms with Crippen molar-refractivity contribution in [3.05, 3.63) is 80.8 Å². The SMILES string of the molecule is Cc1ccc(-n2nc(C)c3c2OC[C@H]2COc4ccc5c(C)cc(=O)oc5c4[C@@H]32)cc1. The Morgan fingerprint density at radius 1 is 0.968 bits per heavy atom. The van der Waals surface area contributed by atoms with Gasteiger partial charge in [0.15, 0.2) is 0 Å². The van der Waals surface area contributed by atoms with Gasteiger partial charge < -0.3 is 13.9 Å². The van der Waals surface area contributed by atoms with Crippen LogP contribution in [0.2, 0.25) is 0 Å². The molecule has 0 saturated carbocycles. The Labute approximate surface area is 179 Å². The van der Waals surface area contributed by atoms with Gasteiger partial charge in [0.1, 0.15) is 11.3 Å². The molecule has 6 nitrogen and oxygen atoms in total.